The van der Waals surface area contributed by atoms with Gasteiger partial charge in [-0.25, -0.2) is 8.42 Å². The Labute approximate surface area is 181 Å². The van der Waals surface area contributed by atoms with Crippen molar-refractivity contribution in [2.24, 2.45) is 0 Å². The molecule has 0 bridgehead atoms. The van der Waals surface area contributed by atoms with Crippen molar-refractivity contribution >= 4 is 33.2 Å². The number of alkyl halides is 3. The van der Waals surface area contributed by atoms with Crippen molar-refractivity contribution in [3.8, 4) is 11.5 Å². The second-order valence-corrected chi connectivity index (χ2v) is 9.11. The van der Waals surface area contributed by atoms with E-state index >= 15 is 0 Å². The number of amides is 1. The number of likely N-dealkylation sites (N-methyl/N-ethyl adjacent to an activating group) is 1. The third-order valence-corrected chi connectivity index (χ3v) is 6.48. The largest absolute Gasteiger partial charge is 0.490 e. The lowest BCUT2D eigenvalue weighted by molar-refractivity contribution is -0.137. The molecule has 0 spiro atoms. The lowest BCUT2D eigenvalue weighted by atomic mass is 10.2. The predicted molar refractivity (Wildman–Crippen MR) is 107 cm³/mol. The number of hydrogen-bond donors (Lipinski definition) is 1. The van der Waals surface area contributed by atoms with Gasteiger partial charge in [-0.15, -0.1) is 0 Å². The summed E-state index contributed by atoms with van der Waals surface area (Å²) in [6.45, 7) is 0.191. The number of sulfonamides is 1. The van der Waals surface area contributed by atoms with Crippen LogP contribution in [0.4, 0.5) is 18.9 Å². The van der Waals surface area contributed by atoms with Crippen LogP contribution in [0.25, 0.3) is 0 Å². The zero-order valence-corrected chi connectivity index (χ0v) is 17.8. The zero-order valence-electron chi connectivity index (χ0n) is 16.2. The number of fused-ring (bicyclic) bond motifs is 1. The summed E-state index contributed by atoms with van der Waals surface area (Å²) < 4.78 is 76.2. The smallest absolute Gasteiger partial charge is 0.417 e. The number of anilines is 1. The minimum absolute atomic E-state index is 0.113. The van der Waals surface area contributed by atoms with Crippen molar-refractivity contribution < 1.29 is 35.9 Å². The van der Waals surface area contributed by atoms with Gasteiger partial charge >= 0.3 is 6.18 Å². The number of ether oxygens (including phenoxy) is 2. The number of carbonyl (C=O) groups is 1. The van der Waals surface area contributed by atoms with E-state index in [0.29, 0.717) is 31.5 Å². The van der Waals surface area contributed by atoms with Gasteiger partial charge in [-0.05, 0) is 30.3 Å². The second kappa shape index (κ2) is 8.93. The van der Waals surface area contributed by atoms with Gasteiger partial charge in [0, 0.05) is 25.2 Å². The van der Waals surface area contributed by atoms with E-state index in [0.717, 1.165) is 10.4 Å². The molecule has 1 N–H and O–H groups in total. The Morgan fingerprint density at radius 2 is 1.81 bits per heavy atom. The lowest BCUT2D eigenvalue weighted by Crippen LogP contribution is -2.35. The highest BCUT2D eigenvalue weighted by atomic mass is 35.5. The van der Waals surface area contributed by atoms with Gasteiger partial charge in [-0.1, -0.05) is 11.6 Å². The fraction of sp³-hybridized carbons (Fsp3) is 0.316. The monoisotopic (exact) mass is 478 g/mol. The molecular formula is C19H18ClF3N2O5S. The molecule has 0 saturated heterocycles. The standard InChI is InChI=1S/C19H18ClF3N2O5S/c1-25(11-18(26)24-12-3-5-15(20)14(9-12)19(21,22)23)31(27,28)13-4-6-16-17(10-13)30-8-2-7-29-16/h3-6,9-10H,2,7-8,11H2,1H3,(H,24,26). The van der Waals surface area contributed by atoms with Crippen LogP contribution in [-0.4, -0.2) is 45.4 Å². The number of halogens is 4. The molecule has 168 valence electrons. The molecule has 3 rings (SSSR count). The quantitative estimate of drug-likeness (QED) is 0.707. The van der Waals surface area contributed by atoms with E-state index in [9.17, 15) is 26.4 Å². The van der Waals surface area contributed by atoms with Crippen LogP contribution < -0.4 is 14.8 Å². The van der Waals surface area contributed by atoms with Crippen LogP contribution in [0.15, 0.2) is 41.3 Å². The maximum atomic E-state index is 13.0. The van der Waals surface area contributed by atoms with Gasteiger partial charge < -0.3 is 14.8 Å². The van der Waals surface area contributed by atoms with E-state index in [4.69, 9.17) is 21.1 Å². The molecule has 7 nitrogen and oxygen atoms in total. The molecule has 12 heteroatoms. The summed E-state index contributed by atoms with van der Waals surface area (Å²) in [4.78, 5) is 12.1. The van der Waals surface area contributed by atoms with Crippen LogP contribution in [0.3, 0.4) is 0 Å². The number of nitrogens with zero attached hydrogens (tertiary/aromatic N) is 1. The highest BCUT2D eigenvalue weighted by molar-refractivity contribution is 7.89. The predicted octanol–water partition coefficient (Wildman–Crippen LogP) is 3.78. The summed E-state index contributed by atoms with van der Waals surface area (Å²) in [6, 6.07) is 6.96. The Hall–Kier alpha value is -2.50. The normalized spacial score (nSPS) is 14.3. The van der Waals surface area contributed by atoms with Crippen LogP contribution in [-0.2, 0) is 21.0 Å². The highest BCUT2D eigenvalue weighted by Crippen LogP contribution is 2.36. The fourth-order valence-corrected chi connectivity index (χ4v) is 4.16. The summed E-state index contributed by atoms with van der Waals surface area (Å²) in [7, 11) is -2.89. The van der Waals surface area contributed by atoms with E-state index in [1.807, 2.05) is 0 Å². The van der Waals surface area contributed by atoms with Crippen molar-refractivity contribution in [3.05, 3.63) is 47.0 Å². The van der Waals surface area contributed by atoms with Gasteiger partial charge in [-0.3, -0.25) is 4.79 Å². The maximum absolute atomic E-state index is 13.0. The maximum Gasteiger partial charge on any atom is 0.417 e. The van der Waals surface area contributed by atoms with Gasteiger partial charge in [0.05, 0.1) is 35.2 Å². The molecule has 0 aliphatic carbocycles. The van der Waals surface area contributed by atoms with Gasteiger partial charge in [0.2, 0.25) is 15.9 Å². The average Bonchev–Trinajstić information content (AvgIpc) is 2.93. The van der Waals surface area contributed by atoms with Crippen molar-refractivity contribution in [1.82, 2.24) is 4.31 Å². The summed E-state index contributed by atoms with van der Waals surface area (Å²) in [5, 5.41) is 1.73. The third kappa shape index (κ3) is 5.41. The lowest BCUT2D eigenvalue weighted by Gasteiger charge is -2.18. The van der Waals surface area contributed by atoms with E-state index in [1.54, 1.807) is 0 Å². The Morgan fingerprint density at radius 1 is 1.13 bits per heavy atom. The molecule has 0 saturated carbocycles. The van der Waals surface area contributed by atoms with Crippen molar-refractivity contribution in [2.75, 3.05) is 32.1 Å². The van der Waals surface area contributed by atoms with E-state index in [1.165, 1.54) is 31.3 Å². The molecule has 2 aromatic rings. The van der Waals surface area contributed by atoms with E-state index < -0.39 is 39.2 Å². The summed E-state index contributed by atoms with van der Waals surface area (Å²) in [6.07, 6.45) is -4.05. The van der Waals surface area contributed by atoms with Gasteiger partial charge in [0.1, 0.15) is 0 Å². The number of carbonyl (C=O) groups excluding carboxylic acids is 1. The van der Waals surface area contributed by atoms with Crippen LogP contribution in [0, 0.1) is 0 Å². The van der Waals surface area contributed by atoms with Crippen LogP contribution in [0.1, 0.15) is 12.0 Å². The van der Waals surface area contributed by atoms with Crippen LogP contribution in [0.5, 0.6) is 11.5 Å². The molecule has 0 atom stereocenters. The highest BCUT2D eigenvalue weighted by Gasteiger charge is 2.33. The topological polar surface area (TPSA) is 84.9 Å². The summed E-state index contributed by atoms with van der Waals surface area (Å²) in [5.74, 6) is -0.131. The minimum atomic E-state index is -4.70. The molecule has 2 aromatic carbocycles. The van der Waals surface area contributed by atoms with Gasteiger partial charge in [0.25, 0.3) is 0 Å². The third-order valence-electron chi connectivity index (χ3n) is 4.35. The first-order valence-corrected chi connectivity index (χ1v) is 10.8. The number of benzene rings is 2. The van der Waals surface area contributed by atoms with E-state index in [2.05, 4.69) is 5.32 Å². The summed E-state index contributed by atoms with van der Waals surface area (Å²) >= 11 is 5.55. The van der Waals surface area contributed by atoms with Crippen molar-refractivity contribution in [3.63, 3.8) is 0 Å². The number of hydrogen-bond acceptors (Lipinski definition) is 5. The molecule has 1 heterocycles. The summed E-state index contributed by atoms with van der Waals surface area (Å²) in [5.41, 5.74) is -1.27. The first-order chi connectivity index (χ1) is 14.5. The number of nitrogens with one attached hydrogen (secondary N) is 1. The zero-order chi connectivity index (χ0) is 22.8. The molecule has 0 radical (unpaired) electrons. The second-order valence-electron chi connectivity index (χ2n) is 6.66. The molecule has 31 heavy (non-hydrogen) atoms. The van der Waals surface area contributed by atoms with E-state index in [-0.39, 0.29) is 16.3 Å². The number of rotatable bonds is 5. The first-order valence-electron chi connectivity index (χ1n) is 9.01. The van der Waals surface area contributed by atoms with Gasteiger partial charge in [0.15, 0.2) is 11.5 Å². The first kappa shape index (κ1) is 23.2. The Balaban J connectivity index is 1.73. The van der Waals surface area contributed by atoms with Crippen molar-refractivity contribution in [2.45, 2.75) is 17.5 Å². The molecule has 0 aromatic heterocycles. The molecular weight excluding hydrogens is 461 g/mol. The van der Waals surface area contributed by atoms with Gasteiger partial charge in [-0.2, -0.15) is 17.5 Å². The van der Waals surface area contributed by atoms with Crippen LogP contribution >= 0.6 is 11.6 Å². The Morgan fingerprint density at radius 3 is 2.48 bits per heavy atom. The van der Waals surface area contributed by atoms with Crippen molar-refractivity contribution in [1.29, 1.82) is 0 Å². The Bertz CT molecular complexity index is 1090. The Kier molecular flexibility index (Phi) is 6.68. The molecule has 0 fully saturated rings. The fourth-order valence-electron chi connectivity index (χ4n) is 2.79. The molecule has 1 amide bonds. The SMILES string of the molecule is CN(CC(=O)Nc1ccc(Cl)c(C(F)(F)F)c1)S(=O)(=O)c1ccc2c(c1)OCCCO2. The molecule has 1 aliphatic rings. The average molecular weight is 479 g/mol. The van der Waals surface area contributed by atoms with Crippen LogP contribution in [0.2, 0.25) is 5.02 Å². The molecule has 1 aliphatic heterocycles. The molecule has 0 unspecified atom stereocenters. The minimum Gasteiger partial charge on any atom is -0.490 e.